The minimum absolute atomic E-state index is 0.0319. The normalized spacial score (nSPS) is 16.7. The molecular weight excluding hydrogens is 376 g/mol. The van der Waals surface area contributed by atoms with Gasteiger partial charge in [0.05, 0.1) is 25.9 Å². The number of allylic oxidation sites excluding steroid dienone is 1. The van der Waals surface area contributed by atoms with Crippen molar-refractivity contribution in [3.8, 4) is 5.75 Å². The van der Waals surface area contributed by atoms with Gasteiger partial charge in [0.2, 0.25) is 0 Å². The highest BCUT2D eigenvalue weighted by molar-refractivity contribution is 5.92. The molecule has 1 amide bonds. The van der Waals surface area contributed by atoms with Gasteiger partial charge in [0.1, 0.15) is 5.75 Å². The van der Waals surface area contributed by atoms with Crippen LogP contribution < -0.4 is 4.74 Å². The average molecular weight is 402 g/mol. The number of benzene rings is 2. The molecule has 0 bridgehead atoms. The highest BCUT2D eigenvalue weighted by Gasteiger charge is 2.30. The van der Waals surface area contributed by atoms with Gasteiger partial charge in [-0.05, 0) is 42.5 Å². The second-order valence-corrected chi connectivity index (χ2v) is 7.43. The van der Waals surface area contributed by atoms with Crippen LogP contribution in [-0.2, 0) is 6.54 Å². The van der Waals surface area contributed by atoms with Crippen molar-refractivity contribution < 1.29 is 9.53 Å². The standard InChI is InChI=1S/C24H26N4O2/c1-30-21-13-7-12-20(17-21)23-14-5-6-16-28(23)24(29)22-18-27(26-25-22)15-8-11-19-9-3-2-4-10-19/h2-4,7-13,17-18,23H,5-6,14-16H2,1H3/b11-8+/t23-/m0/s1. The summed E-state index contributed by atoms with van der Waals surface area (Å²) in [6, 6.07) is 18.1. The van der Waals surface area contributed by atoms with Gasteiger partial charge in [0.25, 0.3) is 5.91 Å². The van der Waals surface area contributed by atoms with E-state index in [0.717, 1.165) is 42.7 Å². The van der Waals surface area contributed by atoms with E-state index >= 15 is 0 Å². The summed E-state index contributed by atoms with van der Waals surface area (Å²) in [4.78, 5) is 15.1. The van der Waals surface area contributed by atoms with E-state index < -0.39 is 0 Å². The summed E-state index contributed by atoms with van der Waals surface area (Å²) in [6.07, 6.45) is 8.81. The predicted octanol–water partition coefficient (Wildman–Crippen LogP) is 4.37. The topological polar surface area (TPSA) is 60.2 Å². The van der Waals surface area contributed by atoms with Gasteiger partial charge in [-0.2, -0.15) is 0 Å². The fourth-order valence-corrected chi connectivity index (χ4v) is 3.86. The van der Waals surface area contributed by atoms with Crippen LogP contribution in [0.1, 0.15) is 46.9 Å². The van der Waals surface area contributed by atoms with Crippen molar-refractivity contribution in [2.45, 2.75) is 31.8 Å². The lowest BCUT2D eigenvalue weighted by Gasteiger charge is -2.35. The van der Waals surface area contributed by atoms with Crippen LogP contribution in [0, 0.1) is 0 Å². The van der Waals surface area contributed by atoms with Crippen LogP contribution in [0.15, 0.2) is 66.9 Å². The maximum atomic E-state index is 13.2. The van der Waals surface area contributed by atoms with Crippen LogP contribution in [-0.4, -0.2) is 39.5 Å². The number of methoxy groups -OCH3 is 1. The lowest BCUT2D eigenvalue weighted by atomic mass is 9.94. The van der Waals surface area contributed by atoms with Gasteiger partial charge in [-0.15, -0.1) is 5.10 Å². The van der Waals surface area contributed by atoms with E-state index in [1.807, 2.05) is 65.6 Å². The van der Waals surface area contributed by atoms with Gasteiger partial charge in [0, 0.05) is 6.54 Å². The molecular formula is C24H26N4O2. The van der Waals surface area contributed by atoms with Gasteiger partial charge >= 0.3 is 0 Å². The number of amides is 1. The molecule has 1 aliphatic heterocycles. The number of carbonyl (C=O) groups is 1. The maximum Gasteiger partial charge on any atom is 0.276 e. The second-order valence-electron chi connectivity index (χ2n) is 7.43. The molecule has 1 aromatic heterocycles. The largest absolute Gasteiger partial charge is 0.497 e. The molecule has 4 rings (SSSR count). The van der Waals surface area contributed by atoms with Crippen molar-refractivity contribution in [3.05, 3.63) is 83.7 Å². The Morgan fingerprint density at radius 3 is 2.87 bits per heavy atom. The van der Waals surface area contributed by atoms with E-state index in [1.165, 1.54) is 0 Å². The second kappa shape index (κ2) is 9.39. The van der Waals surface area contributed by atoms with Gasteiger partial charge in [-0.25, -0.2) is 4.68 Å². The molecule has 6 heteroatoms. The Kier molecular flexibility index (Phi) is 6.23. The summed E-state index contributed by atoms with van der Waals surface area (Å²) in [6.45, 7) is 1.29. The van der Waals surface area contributed by atoms with E-state index in [1.54, 1.807) is 18.0 Å². The van der Waals surface area contributed by atoms with Gasteiger partial charge in [0.15, 0.2) is 5.69 Å². The van der Waals surface area contributed by atoms with E-state index in [-0.39, 0.29) is 11.9 Å². The molecule has 2 heterocycles. The molecule has 30 heavy (non-hydrogen) atoms. The monoisotopic (exact) mass is 402 g/mol. The zero-order valence-electron chi connectivity index (χ0n) is 17.1. The molecule has 3 aromatic rings. The third kappa shape index (κ3) is 4.59. The first-order valence-electron chi connectivity index (χ1n) is 10.3. The van der Waals surface area contributed by atoms with Gasteiger partial charge in [-0.3, -0.25) is 4.79 Å². The van der Waals surface area contributed by atoms with Crippen LogP contribution in [0.3, 0.4) is 0 Å². The number of rotatable bonds is 6. The fourth-order valence-electron chi connectivity index (χ4n) is 3.86. The van der Waals surface area contributed by atoms with Crippen molar-refractivity contribution in [1.82, 2.24) is 19.9 Å². The highest BCUT2D eigenvalue weighted by atomic mass is 16.5. The Hall–Kier alpha value is -3.41. The van der Waals surface area contributed by atoms with Crippen molar-refractivity contribution in [2.24, 2.45) is 0 Å². The Morgan fingerprint density at radius 1 is 1.17 bits per heavy atom. The summed E-state index contributed by atoms with van der Waals surface area (Å²) in [5, 5.41) is 8.28. The summed E-state index contributed by atoms with van der Waals surface area (Å²) < 4.78 is 7.05. The number of piperidine rings is 1. The van der Waals surface area contributed by atoms with Gasteiger partial charge in [-0.1, -0.05) is 59.8 Å². The maximum absolute atomic E-state index is 13.2. The molecule has 0 aliphatic carbocycles. The third-order valence-electron chi connectivity index (χ3n) is 5.40. The zero-order valence-corrected chi connectivity index (χ0v) is 17.1. The molecule has 1 fully saturated rings. The average Bonchev–Trinajstić information content (AvgIpc) is 3.28. The molecule has 1 saturated heterocycles. The van der Waals surface area contributed by atoms with E-state index in [0.29, 0.717) is 12.2 Å². The minimum atomic E-state index is -0.0687. The van der Waals surface area contributed by atoms with Crippen molar-refractivity contribution in [2.75, 3.05) is 13.7 Å². The lowest BCUT2D eigenvalue weighted by Crippen LogP contribution is -2.38. The molecule has 6 nitrogen and oxygen atoms in total. The first kappa shape index (κ1) is 19.9. The van der Waals surface area contributed by atoms with Crippen molar-refractivity contribution >= 4 is 12.0 Å². The van der Waals surface area contributed by atoms with Crippen LogP contribution in [0.2, 0.25) is 0 Å². The zero-order chi connectivity index (χ0) is 20.8. The van der Waals surface area contributed by atoms with Gasteiger partial charge < -0.3 is 9.64 Å². The molecule has 0 saturated carbocycles. The quantitative estimate of drug-likeness (QED) is 0.614. The Bertz CT molecular complexity index is 1010. The molecule has 1 aliphatic rings. The molecule has 0 radical (unpaired) electrons. The fraction of sp³-hybridized carbons (Fsp3) is 0.292. The van der Waals surface area contributed by atoms with E-state index in [4.69, 9.17) is 4.74 Å². The van der Waals surface area contributed by atoms with E-state index in [2.05, 4.69) is 16.4 Å². The molecule has 0 N–H and O–H groups in total. The summed E-state index contributed by atoms with van der Waals surface area (Å²) in [7, 11) is 1.66. The molecule has 0 unspecified atom stereocenters. The first-order valence-corrected chi connectivity index (χ1v) is 10.3. The van der Waals surface area contributed by atoms with Crippen molar-refractivity contribution in [3.63, 3.8) is 0 Å². The van der Waals surface area contributed by atoms with Crippen LogP contribution in [0.5, 0.6) is 5.75 Å². The SMILES string of the molecule is COc1cccc([C@@H]2CCCCN2C(=O)c2cn(C/C=C/c3ccccc3)nn2)c1. The lowest BCUT2D eigenvalue weighted by molar-refractivity contribution is 0.0605. The Morgan fingerprint density at radius 2 is 2.03 bits per heavy atom. The van der Waals surface area contributed by atoms with Crippen LogP contribution >= 0.6 is 0 Å². The summed E-state index contributed by atoms with van der Waals surface area (Å²) in [5.41, 5.74) is 2.61. The number of hydrogen-bond acceptors (Lipinski definition) is 4. The van der Waals surface area contributed by atoms with Crippen LogP contribution in [0.25, 0.3) is 6.08 Å². The molecule has 154 valence electrons. The van der Waals surface area contributed by atoms with Crippen LogP contribution in [0.4, 0.5) is 0 Å². The number of nitrogens with zero attached hydrogens (tertiary/aromatic N) is 4. The highest BCUT2D eigenvalue weighted by Crippen LogP contribution is 2.33. The molecule has 1 atom stereocenters. The third-order valence-corrected chi connectivity index (χ3v) is 5.40. The van der Waals surface area contributed by atoms with Crippen molar-refractivity contribution in [1.29, 1.82) is 0 Å². The smallest absolute Gasteiger partial charge is 0.276 e. The minimum Gasteiger partial charge on any atom is -0.497 e. The first-order chi connectivity index (χ1) is 14.7. The summed E-state index contributed by atoms with van der Waals surface area (Å²) >= 11 is 0. The van der Waals surface area contributed by atoms with E-state index in [9.17, 15) is 4.79 Å². The number of likely N-dealkylation sites (tertiary alicyclic amines) is 1. The summed E-state index contributed by atoms with van der Waals surface area (Å²) in [5.74, 6) is 0.738. The molecule has 0 spiro atoms. The number of hydrogen-bond donors (Lipinski definition) is 0. The Balaban J connectivity index is 1.46. The number of carbonyl (C=O) groups excluding carboxylic acids is 1. The predicted molar refractivity (Wildman–Crippen MR) is 116 cm³/mol. The Labute approximate surface area is 176 Å². The number of aromatic nitrogens is 3. The number of ether oxygens (including phenoxy) is 1. The molecule has 2 aromatic carbocycles.